The lowest BCUT2D eigenvalue weighted by atomic mass is 10.2. The number of hydrogen-bond acceptors (Lipinski definition) is 3. The summed E-state index contributed by atoms with van der Waals surface area (Å²) >= 11 is 22.4. The molecule has 1 N–H and O–H groups in total. The summed E-state index contributed by atoms with van der Waals surface area (Å²) < 4.78 is 5.34. The van der Waals surface area contributed by atoms with Gasteiger partial charge in [-0.2, -0.15) is 0 Å². The number of amides is 1. The van der Waals surface area contributed by atoms with Gasteiger partial charge in [0.1, 0.15) is 15.3 Å². The van der Waals surface area contributed by atoms with Crippen molar-refractivity contribution in [2.24, 2.45) is 0 Å². The maximum Gasteiger partial charge on any atom is 0.269 e. The Kier molecular flexibility index (Phi) is 6.13. The first-order chi connectivity index (χ1) is 10.9. The molecule has 1 heterocycles. The molecule has 23 heavy (non-hydrogen) atoms. The molecule has 0 unspecified atom stereocenters. The molecule has 120 valence electrons. The molecular weight excluding hydrogens is 382 g/mol. The number of ether oxygens (including phenoxy) is 1. The quantitative estimate of drug-likeness (QED) is 0.684. The second-order valence-electron chi connectivity index (χ2n) is 4.43. The van der Waals surface area contributed by atoms with E-state index < -0.39 is 5.91 Å². The van der Waals surface area contributed by atoms with Gasteiger partial charge in [-0.05, 0) is 36.8 Å². The van der Waals surface area contributed by atoms with Gasteiger partial charge in [0.15, 0.2) is 0 Å². The highest BCUT2D eigenvalue weighted by molar-refractivity contribution is 6.63. The summed E-state index contributed by atoms with van der Waals surface area (Å²) in [6.07, 6.45) is 1.42. The van der Waals surface area contributed by atoms with Crippen molar-refractivity contribution in [3.8, 4) is 11.6 Å². The SMILES string of the molecule is Cc1cc(Cl)ccc1Oc1ccc(NC(=O)C(Cl)=C(Cl)Cl)cn1. The van der Waals surface area contributed by atoms with Crippen molar-refractivity contribution >= 4 is 58.0 Å². The second kappa shape index (κ2) is 7.88. The molecule has 1 aromatic carbocycles. The molecular formula is C15H10Cl4N2O2. The third kappa shape index (κ3) is 5.01. The van der Waals surface area contributed by atoms with E-state index in [4.69, 9.17) is 51.1 Å². The average molecular weight is 392 g/mol. The molecule has 8 heteroatoms. The zero-order valence-electron chi connectivity index (χ0n) is 11.7. The molecule has 0 atom stereocenters. The minimum atomic E-state index is -0.629. The van der Waals surface area contributed by atoms with Crippen LogP contribution < -0.4 is 10.1 Å². The van der Waals surface area contributed by atoms with Crippen LogP contribution in [0.2, 0.25) is 5.02 Å². The topological polar surface area (TPSA) is 51.2 Å². The van der Waals surface area contributed by atoms with Crippen molar-refractivity contribution < 1.29 is 9.53 Å². The first kappa shape index (κ1) is 17.9. The van der Waals surface area contributed by atoms with Gasteiger partial charge in [-0.15, -0.1) is 0 Å². The Balaban J connectivity index is 2.08. The van der Waals surface area contributed by atoms with Crippen molar-refractivity contribution in [2.75, 3.05) is 5.32 Å². The summed E-state index contributed by atoms with van der Waals surface area (Å²) in [6, 6.07) is 8.47. The number of rotatable bonds is 4. The van der Waals surface area contributed by atoms with Gasteiger partial charge in [-0.3, -0.25) is 4.79 Å². The van der Waals surface area contributed by atoms with Crippen molar-refractivity contribution in [1.82, 2.24) is 4.98 Å². The number of hydrogen-bond donors (Lipinski definition) is 1. The van der Waals surface area contributed by atoms with Crippen LogP contribution in [0, 0.1) is 6.92 Å². The van der Waals surface area contributed by atoms with Crippen LogP contribution in [0.5, 0.6) is 11.6 Å². The summed E-state index contributed by atoms with van der Waals surface area (Å²) in [7, 11) is 0. The lowest BCUT2D eigenvalue weighted by molar-refractivity contribution is -0.112. The highest BCUT2D eigenvalue weighted by atomic mass is 35.5. The summed E-state index contributed by atoms with van der Waals surface area (Å²) in [5.41, 5.74) is 1.30. The summed E-state index contributed by atoms with van der Waals surface area (Å²) in [4.78, 5) is 15.8. The number of aryl methyl sites for hydroxylation is 1. The van der Waals surface area contributed by atoms with Crippen LogP contribution in [-0.2, 0) is 4.79 Å². The molecule has 1 aromatic heterocycles. The number of pyridine rings is 1. The minimum absolute atomic E-state index is 0.301. The van der Waals surface area contributed by atoms with Crippen molar-refractivity contribution in [3.05, 3.63) is 56.6 Å². The molecule has 0 fully saturated rings. The zero-order chi connectivity index (χ0) is 17.0. The molecule has 2 rings (SSSR count). The number of carbonyl (C=O) groups excluding carboxylic acids is 1. The van der Waals surface area contributed by atoms with Crippen LogP contribution in [0.15, 0.2) is 46.1 Å². The fourth-order valence-electron chi connectivity index (χ4n) is 1.63. The van der Waals surface area contributed by atoms with Crippen LogP contribution in [0.25, 0.3) is 0 Å². The van der Waals surface area contributed by atoms with Crippen LogP contribution in [-0.4, -0.2) is 10.9 Å². The lowest BCUT2D eigenvalue weighted by Gasteiger charge is -2.09. The van der Waals surface area contributed by atoms with Crippen molar-refractivity contribution in [1.29, 1.82) is 0 Å². The third-order valence-electron chi connectivity index (χ3n) is 2.71. The van der Waals surface area contributed by atoms with Gasteiger partial charge >= 0.3 is 0 Å². The third-order valence-corrected chi connectivity index (χ3v) is 3.88. The van der Waals surface area contributed by atoms with Crippen molar-refractivity contribution in [3.63, 3.8) is 0 Å². The molecule has 0 saturated heterocycles. The largest absolute Gasteiger partial charge is 0.439 e. The van der Waals surface area contributed by atoms with Gasteiger partial charge in [0.05, 0.1) is 11.9 Å². The van der Waals surface area contributed by atoms with E-state index in [1.165, 1.54) is 6.20 Å². The summed E-state index contributed by atoms with van der Waals surface area (Å²) in [5.74, 6) is 0.375. The molecule has 0 bridgehead atoms. The van der Waals surface area contributed by atoms with E-state index in [0.29, 0.717) is 22.3 Å². The average Bonchev–Trinajstić information content (AvgIpc) is 2.51. The van der Waals surface area contributed by atoms with Gasteiger partial charge < -0.3 is 10.1 Å². The van der Waals surface area contributed by atoms with Gasteiger partial charge in [0.25, 0.3) is 5.91 Å². The Labute approximate surface area is 153 Å². The molecule has 0 radical (unpaired) electrons. The smallest absolute Gasteiger partial charge is 0.269 e. The molecule has 0 aliphatic heterocycles. The van der Waals surface area contributed by atoms with Crippen molar-refractivity contribution in [2.45, 2.75) is 6.92 Å². The second-order valence-corrected chi connectivity index (χ2v) is 6.19. The predicted octanol–water partition coefficient (Wildman–Crippen LogP) is 5.66. The normalized spacial score (nSPS) is 10.1. The van der Waals surface area contributed by atoms with Crippen LogP contribution >= 0.6 is 46.4 Å². The predicted molar refractivity (Wildman–Crippen MR) is 93.7 cm³/mol. The number of carbonyl (C=O) groups is 1. The number of anilines is 1. The standard InChI is InChI=1S/C15H10Cl4N2O2/c1-8-6-9(16)2-4-11(8)23-12-5-3-10(7-20-12)21-15(22)13(17)14(18)19/h2-7H,1H3,(H,21,22). The van der Waals surface area contributed by atoms with Gasteiger partial charge in [0.2, 0.25) is 5.88 Å². The number of halogens is 4. The molecule has 1 amide bonds. The Morgan fingerprint density at radius 2 is 1.91 bits per heavy atom. The maximum absolute atomic E-state index is 11.7. The minimum Gasteiger partial charge on any atom is -0.439 e. The van der Waals surface area contributed by atoms with E-state index in [2.05, 4.69) is 10.3 Å². The molecule has 2 aromatic rings. The fraction of sp³-hybridized carbons (Fsp3) is 0.0667. The molecule has 0 spiro atoms. The summed E-state index contributed by atoms with van der Waals surface area (Å²) in [6.45, 7) is 1.88. The maximum atomic E-state index is 11.7. The van der Waals surface area contributed by atoms with E-state index in [9.17, 15) is 4.79 Å². The number of nitrogens with zero attached hydrogens (tertiary/aromatic N) is 1. The van der Waals surface area contributed by atoms with Gasteiger partial charge in [-0.1, -0.05) is 46.4 Å². The monoisotopic (exact) mass is 390 g/mol. The molecule has 0 saturated carbocycles. The lowest BCUT2D eigenvalue weighted by Crippen LogP contribution is -2.12. The highest BCUT2D eigenvalue weighted by Crippen LogP contribution is 2.27. The number of benzene rings is 1. The number of nitrogens with one attached hydrogen (secondary N) is 1. The molecule has 0 aliphatic carbocycles. The van der Waals surface area contributed by atoms with Crippen LogP contribution in [0.3, 0.4) is 0 Å². The highest BCUT2D eigenvalue weighted by Gasteiger charge is 2.11. The van der Waals surface area contributed by atoms with Crippen LogP contribution in [0.4, 0.5) is 5.69 Å². The molecule has 0 aliphatic rings. The Morgan fingerprint density at radius 1 is 1.17 bits per heavy atom. The van der Waals surface area contributed by atoms with Gasteiger partial charge in [-0.25, -0.2) is 4.98 Å². The summed E-state index contributed by atoms with van der Waals surface area (Å²) in [5, 5.41) is 2.83. The van der Waals surface area contributed by atoms with E-state index in [1.54, 1.807) is 30.3 Å². The fourth-order valence-corrected chi connectivity index (χ4v) is 2.07. The van der Waals surface area contributed by atoms with E-state index in [1.807, 2.05) is 6.92 Å². The van der Waals surface area contributed by atoms with Gasteiger partial charge in [0, 0.05) is 11.1 Å². The van der Waals surface area contributed by atoms with E-state index >= 15 is 0 Å². The van der Waals surface area contributed by atoms with E-state index in [-0.39, 0.29) is 9.52 Å². The number of aromatic nitrogens is 1. The first-order valence-corrected chi connectivity index (χ1v) is 7.80. The Hall–Kier alpha value is -1.46. The zero-order valence-corrected chi connectivity index (χ0v) is 14.8. The first-order valence-electron chi connectivity index (χ1n) is 6.29. The Bertz CT molecular complexity index is 757. The molecule has 4 nitrogen and oxygen atoms in total. The van der Waals surface area contributed by atoms with E-state index in [0.717, 1.165) is 5.56 Å². The van der Waals surface area contributed by atoms with Crippen LogP contribution in [0.1, 0.15) is 5.56 Å². The Morgan fingerprint density at radius 3 is 2.48 bits per heavy atom.